The lowest BCUT2D eigenvalue weighted by molar-refractivity contribution is -0.140. The first kappa shape index (κ1) is 21.7. The van der Waals surface area contributed by atoms with Crippen LogP contribution in [-0.4, -0.2) is 37.6 Å². The third kappa shape index (κ3) is 4.00. The van der Waals surface area contributed by atoms with Gasteiger partial charge in [0.05, 0.1) is 25.3 Å². The zero-order chi connectivity index (χ0) is 23.9. The molecule has 0 saturated heterocycles. The summed E-state index contributed by atoms with van der Waals surface area (Å²) in [5.41, 5.74) is 2.39. The molecule has 34 heavy (non-hydrogen) atoms. The standard InChI is InChI=1S/C23H19F3N6O2/c1-34-20-10-15(7-8-18(20)31-12-21(27-13-31)23(24,25)26)17-11-32(30-29-17)19-9-6-14-4-2-3-5-16(14)28-22(19)33/h2-5,7-8,10-13,19H,6,9H2,1H3,(H,28,33). The van der Waals surface area contributed by atoms with Crippen LogP contribution in [0.3, 0.4) is 0 Å². The van der Waals surface area contributed by atoms with Crippen LogP contribution in [0.2, 0.25) is 0 Å². The maximum atomic E-state index is 12.9. The van der Waals surface area contributed by atoms with E-state index in [0.717, 1.165) is 23.8 Å². The predicted octanol–water partition coefficient (Wildman–Crippen LogP) is 4.28. The van der Waals surface area contributed by atoms with E-state index in [0.29, 0.717) is 35.5 Å². The summed E-state index contributed by atoms with van der Waals surface area (Å²) in [5, 5.41) is 11.3. The fourth-order valence-electron chi connectivity index (χ4n) is 3.96. The Hall–Kier alpha value is -4.15. The van der Waals surface area contributed by atoms with E-state index >= 15 is 0 Å². The molecule has 1 aliphatic heterocycles. The van der Waals surface area contributed by atoms with Gasteiger partial charge >= 0.3 is 6.18 Å². The van der Waals surface area contributed by atoms with Gasteiger partial charge in [-0.3, -0.25) is 4.79 Å². The van der Waals surface area contributed by atoms with Crippen LogP contribution in [0.5, 0.6) is 5.75 Å². The summed E-state index contributed by atoms with van der Waals surface area (Å²) in [6.45, 7) is 0. The Labute approximate surface area is 192 Å². The Balaban J connectivity index is 1.41. The average Bonchev–Trinajstić information content (AvgIpc) is 3.47. The topological polar surface area (TPSA) is 86.9 Å². The van der Waals surface area contributed by atoms with Crippen LogP contribution in [0.1, 0.15) is 23.7 Å². The normalized spacial score (nSPS) is 16.0. The van der Waals surface area contributed by atoms with Crippen molar-refractivity contribution in [2.75, 3.05) is 12.4 Å². The minimum atomic E-state index is -4.54. The van der Waals surface area contributed by atoms with Crippen molar-refractivity contribution >= 4 is 11.6 Å². The highest BCUT2D eigenvalue weighted by molar-refractivity contribution is 5.95. The van der Waals surface area contributed by atoms with E-state index in [2.05, 4.69) is 20.6 Å². The van der Waals surface area contributed by atoms with Crippen LogP contribution >= 0.6 is 0 Å². The van der Waals surface area contributed by atoms with Gasteiger partial charge in [0.1, 0.15) is 17.5 Å². The third-order valence-corrected chi connectivity index (χ3v) is 5.72. The number of nitrogens with one attached hydrogen (secondary N) is 1. The van der Waals surface area contributed by atoms with Gasteiger partial charge in [0.25, 0.3) is 0 Å². The molecule has 1 N–H and O–H groups in total. The van der Waals surface area contributed by atoms with Crippen molar-refractivity contribution in [3.63, 3.8) is 0 Å². The summed E-state index contributed by atoms with van der Waals surface area (Å²) < 4.78 is 46.9. The molecule has 3 heterocycles. The van der Waals surface area contributed by atoms with Gasteiger partial charge in [0, 0.05) is 17.4 Å². The zero-order valence-corrected chi connectivity index (χ0v) is 18.0. The number of para-hydroxylation sites is 1. The molecule has 0 radical (unpaired) electrons. The Morgan fingerprint density at radius 1 is 1.15 bits per heavy atom. The molecule has 1 atom stereocenters. The van der Waals surface area contributed by atoms with Gasteiger partial charge in [-0.25, -0.2) is 9.67 Å². The molecular weight excluding hydrogens is 449 g/mol. The second-order valence-corrected chi connectivity index (χ2v) is 7.84. The molecule has 1 aliphatic rings. The Kier molecular flexibility index (Phi) is 5.31. The number of carbonyl (C=O) groups is 1. The van der Waals surface area contributed by atoms with Crippen molar-refractivity contribution in [1.29, 1.82) is 0 Å². The maximum Gasteiger partial charge on any atom is 0.434 e. The second-order valence-electron chi connectivity index (χ2n) is 7.84. The van der Waals surface area contributed by atoms with Crippen molar-refractivity contribution in [3.8, 4) is 22.7 Å². The summed E-state index contributed by atoms with van der Waals surface area (Å²) in [6.07, 6.45) is 0.393. The predicted molar refractivity (Wildman–Crippen MR) is 117 cm³/mol. The van der Waals surface area contributed by atoms with Gasteiger partial charge in [-0.15, -0.1) is 5.10 Å². The van der Waals surface area contributed by atoms with Gasteiger partial charge in [0.15, 0.2) is 5.69 Å². The number of carbonyl (C=O) groups excluding carboxylic acids is 1. The molecule has 0 saturated carbocycles. The van der Waals surface area contributed by atoms with E-state index in [4.69, 9.17) is 4.74 Å². The van der Waals surface area contributed by atoms with Crippen LogP contribution in [0.15, 0.2) is 61.2 Å². The van der Waals surface area contributed by atoms with E-state index in [1.165, 1.54) is 16.4 Å². The lowest BCUT2D eigenvalue weighted by atomic mass is 10.1. The van der Waals surface area contributed by atoms with E-state index in [1.54, 1.807) is 24.4 Å². The number of rotatable bonds is 4. The van der Waals surface area contributed by atoms with Gasteiger partial charge < -0.3 is 14.6 Å². The van der Waals surface area contributed by atoms with Crippen LogP contribution in [0.25, 0.3) is 16.9 Å². The summed E-state index contributed by atoms with van der Waals surface area (Å²) in [6, 6.07) is 12.1. The van der Waals surface area contributed by atoms with Crippen molar-refractivity contribution in [1.82, 2.24) is 24.5 Å². The number of methoxy groups -OCH3 is 1. The summed E-state index contributed by atoms with van der Waals surface area (Å²) in [4.78, 5) is 16.2. The molecule has 0 bridgehead atoms. The highest BCUT2D eigenvalue weighted by Gasteiger charge is 2.33. The Morgan fingerprint density at radius 3 is 2.74 bits per heavy atom. The second kappa shape index (κ2) is 8.32. The van der Waals surface area contributed by atoms with Gasteiger partial charge in [0.2, 0.25) is 5.91 Å². The largest absolute Gasteiger partial charge is 0.495 e. The lowest BCUT2D eigenvalue weighted by Gasteiger charge is -2.12. The molecule has 0 aliphatic carbocycles. The maximum absolute atomic E-state index is 12.9. The molecular formula is C23H19F3N6O2. The van der Waals surface area contributed by atoms with E-state index < -0.39 is 17.9 Å². The number of halogens is 3. The van der Waals surface area contributed by atoms with Crippen LogP contribution < -0.4 is 10.1 Å². The van der Waals surface area contributed by atoms with Crippen molar-refractivity contribution < 1.29 is 22.7 Å². The van der Waals surface area contributed by atoms with Gasteiger partial charge in [-0.2, -0.15) is 13.2 Å². The average molecular weight is 468 g/mol. The van der Waals surface area contributed by atoms with Crippen LogP contribution in [-0.2, 0) is 17.4 Å². The first-order valence-electron chi connectivity index (χ1n) is 10.4. The molecule has 8 nitrogen and oxygen atoms in total. The SMILES string of the molecule is COc1cc(-c2cn(C3CCc4ccccc4NC3=O)nn2)ccc1-n1cnc(C(F)(F)F)c1. The number of aryl methyl sites for hydroxylation is 1. The number of aromatic nitrogens is 5. The number of hydrogen-bond acceptors (Lipinski definition) is 5. The number of imidazole rings is 1. The van der Waals surface area contributed by atoms with E-state index in [9.17, 15) is 18.0 Å². The molecule has 174 valence electrons. The minimum absolute atomic E-state index is 0.171. The summed E-state index contributed by atoms with van der Waals surface area (Å²) in [5.74, 6) is 0.163. The van der Waals surface area contributed by atoms with Crippen LogP contribution in [0, 0.1) is 0 Å². The highest BCUT2D eigenvalue weighted by Crippen LogP contribution is 2.33. The first-order chi connectivity index (χ1) is 16.3. The number of hydrogen-bond donors (Lipinski definition) is 1. The minimum Gasteiger partial charge on any atom is -0.495 e. The van der Waals surface area contributed by atoms with E-state index in [1.807, 2.05) is 24.3 Å². The molecule has 1 amide bonds. The monoisotopic (exact) mass is 468 g/mol. The summed E-state index contributed by atoms with van der Waals surface area (Å²) in [7, 11) is 1.43. The molecule has 4 aromatic rings. The van der Waals surface area contributed by atoms with Crippen LogP contribution in [0.4, 0.5) is 18.9 Å². The number of amides is 1. The third-order valence-electron chi connectivity index (χ3n) is 5.72. The number of benzene rings is 2. The number of alkyl halides is 3. The Bertz CT molecular complexity index is 1360. The molecule has 5 rings (SSSR count). The first-order valence-corrected chi connectivity index (χ1v) is 10.4. The lowest BCUT2D eigenvalue weighted by Crippen LogP contribution is -2.25. The number of fused-ring (bicyclic) bond motifs is 1. The van der Waals surface area contributed by atoms with E-state index in [-0.39, 0.29) is 5.91 Å². The number of nitrogens with zero attached hydrogens (tertiary/aromatic N) is 5. The van der Waals surface area contributed by atoms with Gasteiger partial charge in [-0.05, 0) is 36.6 Å². The molecule has 0 fully saturated rings. The molecule has 0 spiro atoms. The quantitative estimate of drug-likeness (QED) is 0.483. The molecule has 2 aromatic heterocycles. The number of ether oxygens (including phenoxy) is 1. The Morgan fingerprint density at radius 2 is 1.97 bits per heavy atom. The van der Waals surface area contributed by atoms with Crippen molar-refractivity contribution in [2.45, 2.75) is 25.1 Å². The smallest absolute Gasteiger partial charge is 0.434 e. The molecule has 2 aromatic carbocycles. The van der Waals surface area contributed by atoms with Crippen molar-refractivity contribution in [3.05, 3.63) is 72.4 Å². The molecule has 11 heteroatoms. The highest BCUT2D eigenvalue weighted by atomic mass is 19.4. The number of anilines is 1. The summed E-state index contributed by atoms with van der Waals surface area (Å²) >= 11 is 0. The zero-order valence-electron chi connectivity index (χ0n) is 18.0. The fraction of sp³-hybridized carbons (Fsp3) is 0.217. The van der Waals surface area contributed by atoms with Crippen molar-refractivity contribution in [2.24, 2.45) is 0 Å². The van der Waals surface area contributed by atoms with Gasteiger partial charge in [-0.1, -0.05) is 29.5 Å². The molecule has 1 unspecified atom stereocenters. The fourth-order valence-corrected chi connectivity index (χ4v) is 3.96.